The normalized spacial score (nSPS) is 17.5. The first-order chi connectivity index (χ1) is 16.5. The fourth-order valence-corrected chi connectivity index (χ4v) is 5.92. The van der Waals surface area contributed by atoms with Crippen LogP contribution in [0.1, 0.15) is 5.56 Å². The van der Waals surface area contributed by atoms with Gasteiger partial charge in [0.2, 0.25) is 5.54 Å². The van der Waals surface area contributed by atoms with E-state index in [1.165, 1.54) is 26.2 Å². The number of carbonyl (C=O) groups excluding carboxylic acids is 2. The summed E-state index contributed by atoms with van der Waals surface area (Å²) < 4.78 is 40.9. The van der Waals surface area contributed by atoms with Gasteiger partial charge in [-0.2, -0.15) is 0 Å². The summed E-state index contributed by atoms with van der Waals surface area (Å²) in [7, 11) is -2.46. The van der Waals surface area contributed by atoms with E-state index in [9.17, 15) is 32.3 Å². The first-order valence-electron chi connectivity index (χ1n) is 10.4. The van der Waals surface area contributed by atoms with E-state index in [0.717, 1.165) is 40.9 Å². The first-order valence-corrected chi connectivity index (χ1v) is 12.9. The fourth-order valence-electron chi connectivity index (χ4n) is 3.39. The Labute approximate surface area is 206 Å². The Morgan fingerprint density at radius 2 is 1.77 bits per heavy atom. The number of nitrogens with zero attached hydrogens (tertiary/aromatic N) is 2. The third-order valence-electron chi connectivity index (χ3n) is 5.19. The molecule has 188 valence electrons. The van der Waals surface area contributed by atoms with Crippen LogP contribution in [0.25, 0.3) is 0 Å². The van der Waals surface area contributed by atoms with Gasteiger partial charge < -0.3 is 14.8 Å². The van der Waals surface area contributed by atoms with Crippen LogP contribution < -0.4 is 5.32 Å². The Morgan fingerprint density at radius 1 is 1.14 bits per heavy atom. The lowest BCUT2D eigenvalue weighted by atomic mass is 9.87. The van der Waals surface area contributed by atoms with Crippen molar-refractivity contribution in [1.29, 1.82) is 0 Å². The zero-order valence-corrected chi connectivity index (χ0v) is 20.5. The summed E-state index contributed by atoms with van der Waals surface area (Å²) in [6.45, 7) is 0.393. The highest BCUT2D eigenvalue weighted by atomic mass is 32.2. The van der Waals surface area contributed by atoms with Crippen LogP contribution >= 0.6 is 11.8 Å². The number of benzene rings is 2. The van der Waals surface area contributed by atoms with Gasteiger partial charge in [-0.1, -0.05) is 30.3 Å². The van der Waals surface area contributed by atoms with Crippen LogP contribution in [-0.2, 0) is 30.9 Å². The van der Waals surface area contributed by atoms with E-state index in [-0.39, 0.29) is 4.47 Å². The Bertz CT molecular complexity index is 1190. The number of hydroxylamine groups is 1. The van der Waals surface area contributed by atoms with E-state index >= 15 is 0 Å². The lowest BCUT2D eigenvalue weighted by molar-refractivity contribution is -0.174. The van der Waals surface area contributed by atoms with Crippen LogP contribution in [0.2, 0.25) is 0 Å². The number of Topliss-reactive ketones (excluding diaryl/α,β-unsaturated/α-hetero) is 1. The third-order valence-corrected chi connectivity index (χ3v) is 8.03. The molecule has 35 heavy (non-hydrogen) atoms. The lowest BCUT2D eigenvalue weighted by Crippen LogP contribution is -2.66. The van der Waals surface area contributed by atoms with Crippen LogP contribution in [0.3, 0.4) is 0 Å². The number of rotatable bonds is 9. The van der Waals surface area contributed by atoms with Crippen LogP contribution in [0.15, 0.2) is 59.5 Å². The predicted molar refractivity (Wildman–Crippen MR) is 125 cm³/mol. The van der Waals surface area contributed by atoms with Crippen LogP contribution in [0.4, 0.5) is 9.18 Å². The second kappa shape index (κ2) is 10.7. The van der Waals surface area contributed by atoms with Gasteiger partial charge in [-0.25, -0.2) is 22.4 Å². The zero-order chi connectivity index (χ0) is 25.8. The molecule has 0 spiro atoms. The monoisotopic (exact) mass is 525 g/mol. The van der Waals surface area contributed by atoms with Gasteiger partial charge in [0.05, 0.1) is 4.90 Å². The molecule has 0 radical (unpaired) electrons. The summed E-state index contributed by atoms with van der Waals surface area (Å²) in [5.41, 5.74) is -2.57. The summed E-state index contributed by atoms with van der Waals surface area (Å²) in [5, 5.41) is 12.3. The molecule has 1 aliphatic heterocycles. The van der Waals surface area contributed by atoms with E-state index in [2.05, 4.69) is 5.32 Å². The Morgan fingerprint density at radius 3 is 2.29 bits per heavy atom. The van der Waals surface area contributed by atoms with Gasteiger partial charge in [-0.05, 0) is 29.8 Å². The van der Waals surface area contributed by atoms with Crippen molar-refractivity contribution in [2.24, 2.45) is 0 Å². The van der Waals surface area contributed by atoms with Gasteiger partial charge in [0, 0.05) is 37.3 Å². The predicted octanol–water partition coefficient (Wildman–Crippen LogP) is 1.73. The standard InChI is InChI=1S/C22H24FN3O7S2/c1-25(2)21(30)33-26(35(31,32)17-10-8-16(23)9-11-17)22(20(28)29,14-15-6-4-3-5-7-15)18(27)19-24-12-13-34-19/h3-11,19,24H,12-14H2,1-2H3,(H,28,29)/t19-,22+/m0/s1. The molecule has 0 aromatic heterocycles. The highest BCUT2D eigenvalue weighted by Crippen LogP contribution is 2.34. The first kappa shape index (κ1) is 26.6. The van der Waals surface area contributed by atoms with Crippen LogP contribution in [0, 0.1) is 5.82 Å². The number of amides is 1. The Hall–Kier alpha value is -3.00. The molecule has 1 aliphatic rings. The van der Waals surface area contributed by atoms with Crippen molar-refractivity contribution in [1.82, 2.24) is 14.7 Å². The molecule has 1 fully saturated rings. The molecule has 2 N–H and O–H groups in total. The summed E-state index contributed by atoms with van der Waals surface area (Å²) in [5.74, 6) is -3.11. The average molecular weight is 526 g/mol. The minimum atomic E-state index is -4.99. The molecule has 2 aromatic rings. The minimum absolute atomic E-state index is 0.0478. The van der Waals surface area contributed by atoms with Gasteiger partial charge in [-0.15, -0.1) is 11.8 Å². The van der Waals surface area contributed by atoms with E-state index in [4.69, 9.17) is 4.84 Å². The van der Waals surface area contributed by atoms with E-state index in [1.807, 2.05) is 0 Å². The second-order valence-corrected chi connectivity index (χ2v) is 10.8. The molecule has 10 nitrogen and oxygen atoms in total. The maximum Gasteiger partial charge on any atom is 0.429 e. The van der Waals surface area contributed by atoms with Crippen molar-refractivity contribution in [2.45, 2.75) is 22.2 Å². The number of nitrogens with one attached hydrogen (secondary N) is 1. The van der Waals surface area contributed by atoms with Crippen molar-refractivity contribution in [3.8, 4) is 0 Å². The van der Waals surface area contributed by atoms with Crippen molar-refractivity contribution >= 4 is 39.6 Å². The number of carboxylic acids is 1. The van der Waals surface area contributed by atoms with Crippen molar-refractivity contribution in [3.05, 3.63) is 66.0 Å². The molecule has 1 saturated heterocycles. The number of hydrogen-bond acceptors (Lipinski definition) is 8. The maximum absolute atomic E-state index is 13.8. The number of carboxylic acid groups (broad SMARTS) is 1. The number of sulfonamides is 1. The maximum atomic E-state index is 13.8. The smallest absolute Gasteiger partial charge is 0.429 e. The number of ketones is 1. The third kappa shape index (κ3) is 5.48. The molecule has 0 saturated carbocycles. The Balaban J connectivity index is 2.28. The van der Waals surface area contributed by atoms with Crippen LogP contribution in [0.5, 0.6) is 0 Å². The molecule has 1 amide bonds. The molecule has 0 bridgehead atoms. The van der Waals surface area contributed by atoms with Gasteiger partial charge >= 0.3 is 12.1 Å². The fraction of sp³-hybridized carbons (Fsp3) is 0.318. The van der Waals surface area contributed by atoms with Crippen LogP contribution in [-0.4, -0.2) is 78.0 Å². The highest BCUT2D eigenvalue weighted by Gasteiger charge is 2.61. The molecule has 2 atom stereocenters. The largest absolute Gasteiger partial charge is 0.479 e. The molecule has 13 heteroatoms. The summed E-state index contributed by atoms with van der Waals surface area (Å²) in [6, 6.07) is 11.4. The number of thioether (sulfide) groups is 1. The molecular formula is C22H24FN3O7S2. The number of halogens is 1. The SMILES string of the molecule is CN(C)C(=O)ON([C@@](Cc1ccccc1)(C(=O)O)C(=O)[C@H]1NCCS1)S(=O)(=O)c1ccc(F)cc1. The van der Waals surface area contributed by atoms with Crippen molar-refractivity contribution < 1.29 is 37.1 Å². The topological polar surface area (TPSA) is 133 Å². The van der Waals surface area contributed by atoms with Crippen molar-refractivity contribution in [3.63, 3.8) is 0 Å². The quantitative estimate of drug-likeness (QED) is 0.371. The molecule has 0 unspecified atom stereocenters. The van der Waals surface area contributed by atoms with Gasteiger partial charge in [-0.3, -0.25) is 10.1 Å². The number of aliphatic carboxylic acids is 1. The second-order valence-electron chi connectivity index (χ2n) is 7.83. The molecule has 2 aromatic carbocycles. The number of carbonyl (C=O) groups is 3. The molecule has 0 aliphatic carbocycles. The zero-order valence-electron chi connectivity index (χ0n) is 18.9. The van der Waals surface area contributed by atoms with E-state index < -0.39 is 55.9 Å². The summed E-state index contributed by atoms with van der Waals surface area (Å²) >= 11 is 1.11. The van der Waals surface area contributed by atoms with Gasteiger partial charge in [0.1, 0.15) is 11.2 Å². The highest BCUT2D eigenvalue weighted by molar-refractivity contribution is 8.00. The summed E-state index contributed by atoms with van der Waals surface area (Å²) in [4.78, 5) is 44.7. The van der Waals surface area contributed by atoms with E-state index in [1.54, 1.807) is 18.2 Å². The summed E-state index contributed by atoms with van der Waals surface area (Å²) in [6.07, 6.45) is -1.86. The molecular weight excluding hydrogens is 501 g/mol. The number of hydrogen-bond donors (Lipinski definition) is 2. The lowest BCUT2D eigenvalue weighted by Gasteiger charge is -2.37. The average Bonchev–Trinajstić information content (AvgIpc) is 3.36. The van der Waals surface area contributed by atoms with E-state index in [0.29, 0.717) is 17.9 Å². The molecule has 3 rings (SSSR count). The minimum Gasteiger partial charge on any atom is -0.479 e. The van der Waals surface area contributed by atoms with Gasteiger partial charge in [0.15, 0.2) is 5.78 Å². The molecule has 1 heterocycles. The Kier molecular flexibility index (Phi) is 8.15. The van der Waals surface area contributed by atoms with Crippen molar-refractivity contribution in [2.75, 3.05) is 26.4 Å². The van der Waals surface area contributed by atoms with Gasteiger partial charge in [0.25, 0.3) is 10.0 Å².